The fourth-order valence-electron chi connectivity index (χ4n) is 2.42. The molecule has 0 N–H and O–H groups in total. The van der Waals surface area contributed by atoms with Gasteiger partial charge in [-0.05, 0) is 30.1 Å². The van der Waals surface area contributed by atoms with Gasteiger partial charge in [-0.1, -0.05) is 66.7 Å². The maximum absolute atomic E-state index is 5.10. The van der Waals surface area contributed by atoms with E-state index in [1.54, 1.807) is 0 Å². The quantitative estimate of drug-likeness (QED) is 0.567. The van der Waals surface area contributed by atoms with Gasteiger partial charge in [0.25, 0.3) is 0 Å². The number of fused-ring (bicyclic) bond motifs is 1. The van der Waals surface area contributed by atoms with Gasteiger partial charge in [-0.2, -0.15) is 0 Å². The molecule has 0 amide bonds. The Bertz CT molecular complexity index is 779. The van der Waals surface area contributed by atoms with Crippen LogP contribution in [-0.4, -0.2) is 13.3 Å². The minimum absolute atomic E-state index is 1.10. The van der Waals surface area contributed by atoms with E-state index in [9.17, 15) is 0 Å². The molecule has 100 valence electrons. The molecule has 0 saturated heterocycles. The molecule has 20 heavy (non-hydrogen) atoms. The highest BCUT2D eigenvalue weighted by Crippen LogP contribution is 2.44. The molecule has 1 nitrogen and oxygen atoms in total. The molecule has 0 spiro atoms. The topological polar surface area (TPSA) is 12.4 Å². The average molecular weight is 279 g/mol. The van der Waals surface area contributed by atoms with Crippen molar-refractivity contribution in [3.8, 4) is 0 Å². The van der Waals surface area contributed by atoms with Gasteiger partial charge in [0.15, 0.2) is 0 Å². The molecule has 0 atom stereocenters. The van der Waals surface area contributed by atoms with E-state index in [-0.39, 0.29) is 0 Å². The summed E-state index contributed by atoms with van der Waals surface area (Å²) in [6.07, 6.45) is 0. The van der Waals surface area contributed by atoms with Gasteiger partial charge in [0.2, 0.25) is 0 Å². The molecule has 0 aromatic heterocycles. The van der Waals surface area contributed by atoms with Crippen LogP contribution in [0.5, 0.6) is 0 Å². The van der Waals surface area contributed by atoms with Gasteiger partial charge in [0, 0.05) is 12.4 Å². The van der Waals surface area contributed by atoms with Gasteiger partial charge in [0.05, 0.1) is 5.69 Å². The summed E-state index contributed by atoms with van der Waals surface area (Å²) in [5.74, 6) is 0. The fourth-order valence-corrected chi connectivity index (χ4v) is 4.15. The minimum Gasteiger partial charge on any atom is -0.263 e. The summed E-state index contributed by atoms with van der Waals surface area (Å²) in [5.41, 5.74) is 1.10. The third kappa shape index (κ3) is 2.55. The molecule has 0 aliphatic carbocycles. The second kappa shape index (κ2) is 5.26. The lowest BCUT2D eigenvalue weighted by Crippen LogP contribution is -2.01. The van der Waals surface area contributed by atoms with Crippen molar-refractivity contribution >= 4 is 28.8 Å². The molecule has 0 aliphatic rings. The predicted octanol–water partition coefficient (Wildman–Crippen LogP) is 5.26. The highest BCUT2D eigenvalue weighted by atomic mass is 31.2. The van der Waals surface area contributed by atoms with E-state index in [0.29, 0.717) is 0 Å². The standard InChI is InChI=1S/C18H18NP/c1-20(2,16-11-4-3-5-12-16)19-18-14-8-10-15-9-6-7-13-17(15)18/h3-14H,1-2H3. The fraction of sp³-hybridized carbons (Fsp3) is 0.111. The van der Waals surface area contributed by atoms with E-state index < -0.39 is 7.05 Å². The van der Waals surface area contributed by atoms with Crippen LogP contribution < -0.4 is 5.30 Å². The highest BCUT2D eigenvalue weighted by molar-refractivity contribution is 7.72. The maximum Gasteiger partial charge on any atom is 0.0695 e. The molecule has 0 aliphatic heterocycles. The summed E-state index contributed by atoms with van der Waals surface area (Å²) in [4.78, 5) is 0. The molecular formula is C18H18NP. The van der Waals surface area contributed by atoms with Crippen LogP contribution >= 0.6 is 7.05 Å². The molecule has 3 rings (SSSR count). The summed E-state index contributed by atoms with van der Waals surface area (Å²) >= 11 is 0. The summed E-state index contributed by atoms with van der Waals surface area (Å²) in [5, 5.41) is 3.83. The Kier molecular flexibility index (Phi) is 3.46. The van der Waals surface area contributed by atoms with Gasteiger partial charge in [-0.3, -0.25) is 4.74 Å². The van der Waals surface area contributed by atoms with Crippen LogP contribution in [0.3, 0.4) is 0 Å². The smallest absolute Gasteiger partial charge is 0.0695 e. The van der Waals surface area contributed by atoms with Gasteiger partial charge in [0.1, 0.15) is 0 Å². The van der Waals surface area contributed by atoms with E-state index in [1.807, 2.05) is 0 Å². The first-order chi connectivity index (χ1) is 9.67. The molecule has 0 saturated carbocycles. The second-order valence-electron chi connectivity index (χ2n) is 5.33. The normalized spacial score (nSPS) is 11.5. The average Bonchev–Trinajstić information content (AvgIpc) is 2.48. The number of hydrogen-bond acceptors (Lipinski definition) is 1. The Morgan fingerprint density at radius 1 is 0.700 bits per heavy atom. The van der Waals surface area contributed by atoms with E-state index in [4.69, 9.17) is 4.74 Å². The van der Waals surface area contributed by atoms with Gasteiger partial charge >= 0.3 is 0 Å². The second-order valence-corrected chi connectivity index (χ2v) is 8.83. The summed E-state index contributed by atoms with van der Waals surface area (Å²) in [7, 11) is -1.50. The van der Waals surface area contributed by atoms with Gasteiger partial charge < -0.3 is 0 Å². The summed E-state index contributed by atoms with van der Waals surface area (Å²) < 4.78 is 5.10. The van der Waals surface area contributed by atoms with Crippen LogP contribution in [0.25, 0.3) is 10.8 Å². The number of nitrogens with zero attached hydrogens (tertiary/aromatic N) is 1. The van der Waals surface area contributed by atoms with Crippen LogP contribution in [0.15, 0.2) is 77.5 Å². The van der Waals surface area contributed by atoms with Crippen LogP contribution in [0.2, 0.25) is 0 Å². The number of hydrogen-bond donors (Lipinski definition) is 0. The molecule has 0 bridgehead atoms. The lowest BCUT2D eigenvalue weighted by molar-refractivity contribution is 1.59. The number of rotatable bonds is 2. The Labute approximate surface area is 120 Å². The Morgan fingerprint density at radius 3 is 2.15 bits per heavy atom. The summed E-state index contributed by atoms with van der Waals surface area (Å²) in [6.45, 7) is 4.54. The summed E-state index contributed by atoms with van der Waals surface area (Å²) in [6, 6.07) is 25.4. The van der Waals surface area contributed by atoms with E-state index in [2.05, 4.69) is 86.1 Å². The van der Waals surface area contributed by atoms with Crippen molar-refractivity contribution < 1.29 is 0 Å². The predicted molar refractivity (Wildman–Crippen MR) is 90.9 cm³/mol. The molecule has 2 heteroatoms. The van der Waals surface area contributed by atoms with Crippen molar-refractivity contribution in [3.05, 3.63) is 72.8 Å². The van der Waals surface area contributed by atoms with Crippen LogP contribution in [0, 0.1) is 0 Å². The first kappa shape index (κ1) is 13.1. The van der Waals surface area contributed by atoms with Crippen LogP contribution in [0.1, 0.15) is 0 Å². The first-order valence-electron chi connectivity index (χ1n) is 6.77. The van der Waals surface area contributed by atoms with Crippen molar-refractivity contribution in [2.75, 3.05) is 13.3 Å². The Balaban J connectivity index is 2.19. The molecule has 3 aromatic rings. The zero-order valence-corrected chi connectivity index (χ0v) is 12.7. The first-order valence-corrected chi connectivity index (χ1v) is 9.41. The minimum atomic E-state index is -1.50. The van der Waals surface area contributed by atoms with E-state index in [1.165, 1.54) is 16.1 Å². The third-order valence-corrected chi connectivity index (χ3v) is 5.79. The van der Waals surface area contributed by atoms with Crippen molar-refractivity contribution in [1.82, 2.24) is 0 Å². The van der Waals surface area contributed by atoms with Crippen molar-refractivity contribution in [2.24, 2.45) is 4.74 Å². The zero-order chi connectivity index (χ0) is 14.0. The van der Waals surface area contributed by atoms with Gasteiger partial charge in [-0.15, -0.1) is 0 Å². The molecular weight excluding hydrogens is 261 g/mol. The van der Waals surface area contributed by atoms with E-state index in [0.717, 1.165) is 5.69 Å². The molecule has 3 aromatic carbocycles. The molecule has 0 fully saturated rings. The molecule has 0 unspecified atom stereocenters. The lowest BCUT2D eigenvalue weighted by Gasteiger charge is -2.15. The lowest BCUT2D eigenvalue weighted by atomic mass is 10.1. The molecule has 0 radical (unpaired) electrons. The third-order valence-electron chi connectivity index (χ3n) is 3.51. The van der Waals surface area contributed by atoms with Crippen molar-refractivity contribution in [2.45, 2.75) is 0 Å². The van der Waals surface area contributed by atoms with Gasteiger partial charge in [-0.25, -0.2) is 0 Å². The number of benzene rings is 3. The zero-order valence-electron chi connectivity index (χ0n) is 11.8. The largest absolute Gasteiger partial charge is 0.263 e. The highest BCUT2D eigenvalue weighted by Gasteiger charge is 2.09. The van der Waals surface area contributed by atoms with Crippen molar-refractivity contribution in [3.63, 3.8) is 0 Å². The van der Waals surface area contributed by atoms with Crippen LogP contribution in [-0.2, 0) is 0 Å². The maximum atomic E-state index is 5.10. The Hall–Kier alpha value is -1.85. The SMILES string of the molecule is CP(C)(=Nc1cccc2ccccc12)c1ccccc1. The van der Waals surface area contributed by atoms with Crippen LogP contribution in [0.4, 0.5) is 5.69 Å². The Morgan fingerprint density at radius 2 is 1.35 bits per heavy atom. The van der Waals surface area contributed by atoms with Crippen molar-refractivity contribution in [1.29, 1.82) is 0 Å². The monoisotopic (exact) mass is 279 g/mol. The molecule has 0 heterocycles. The van der Waals surface area contributed by atoms with E-state index >= 15 is 0 Å².